The molecule has 1 amide bonds. The summed E-state index contributed by atoms with van der Waals surface area (Å²) in [4.78, 5) is 16.7. The number of para-hydroxylation sites is 1. The summed E-state index contributed by atoms with van der Waals surface area (Å²) in [5.74, 6) is -0.307. The summed E-state index contributed by atoms with van der Waals surface area (Å²) >= 11 is 6.54. The van der Waals surface area contributed by atoms with Crippen molar-refractivity contribution in [2.75, 3.05) is 13.7 Å². The number of hydrogen-bond acceptors (Lipinski definition) is 5. The largest absolute Gasteiger partial charge is 0.493 e. The summed E-state index contributed by atoms with van der Waals surface area (Å²) in [6, 6.07) is 7.29. The number of carbonyl (C=O) groups excluding carboxylic acids is 1. The molecule has 0 fully saturated rings. The highest BCUT2D eigenvalue weighted by atomic mass is 32.1. The van der Waals surface area contributed by atoms with Gasteiger partial charge in [0.25, 0.3) is 5.91 Å². The average Bonchev–Trinajstić information content (AvgIpc) is 2.97. The number of aromatic hydroxyl groups is 1. The zero-order chi connectivity index (χ0) is 15.7. The topological polar surface area (TPSA) is 63.8 Å². The number of hydrogen-bond donors (Lipinski definition) is 1. The number of nitrogens with zero attached hydrogens (tertiary/aromatic N) is 2. The monoisotopic (exact) mass is 334 g/mol. The predicted octanol–water partition coefficient (Wildman–Crippen LogP) is 1.38. The first-order chi connectivity index (χ1) is 10.6. The number of fused-ring (bicyclic) bond motifs is 1. The highest BCUT2D eigenvalue weighted by molar-refractivity contribution is 7.73. The van der Waals surface area contributed by atoms with Gasteiger partial charge in [-0.15, -0.1) is 11.3 Å². The fourth-order valence-electron chi connectivity index (χ4n) is 2.41. The molecule has 0 spiro atoms. The van der Waals surface area contributed by atoms with E-state index in [-0.39, 0.29) is 11.8 Å². The zero-order valence-corrected chi connectivity index (χ0v) is 13.5. The number of thiazole rings is 1. The van der Waals surface area contributed by atoms with Gasteiger partial charge < -0.3 is 9.84 Å². The molecule has 0 atom stereocenters. The fourth-order valence-corrected chi connectivity index (χ4v) is 3.80. The van der Waals surface area contributed by atoms with Crippen LogP contribution in [0.1, 0.15) is 11.3 Å². The van der Waals surface area contributed by atoms with Crippen LogP contribution < -0.4 is 10.6 Å². The Balaban J connectivity index is 2.12. The van der Waals surface area contributed by atoms with Crippen LogP contribution in [0.15, 0.2) is 29.3 Å². The number of aromatic nitrogens is 1. The third-order valence-corrected chi connectivity index (χ3v) is 4.89. The third kappa shape index (κ3) is 2.51. The second-order valence-electron chi connectivity index (χ2n) is 4.83. The molecule has 0 radical (unpaired) electrons. The summed E-state index contributed by atoms with van der Waals surface area (Å²) in [7, 11) is 1.63. The normalized spacial score (nSPS) is 13.3. The Kier molecular flexibility index (Phi) is 4.19. The minimum absolute atomic E-state index is 0.0290. The Morgan fingerprint density at radius 2 is 2.18 bits per heavy atom. The van der Waals surface area contributed by atoms with Gasteiger partial charge in [-0.3, -0.25) is 9.36 Å². The molecule has 1 aromatic carbocycles. The first kappa shape index (κ1) is 15.1. The Morgan fingerprint density at radius 1 is 1.41 bits per heavy atom. The minimum Gasteiger partial charge on any atom is -0.493 e. The minimum atomic E-state index is -0.336. The van der Waals surface area contributed by atoms with Crippen LogP contribution in [0.4, 0.5) is 0 Å². The average molecular weight is 334 g/mol. The third-order valence-electron chi connectivity index (χ3n) is 3.44. The van der Waals surface area contributed by atoms with Crippen LogP contribution in [-0.2, 0) is 16.1 Å². The predicted molar refractivity (Wildman–Crippen MR) is 86.0 cm³/mol. The molecule has 1 N–H and O–H groups in total. The molecule has 0 saturated carbocycles. The van der Waals surface area contributed by atoms with Crippen molar-refractivity contribution in [3.8, 4) is 5.88 Å². The van der Waals surface area contributed by atoms with Gasteiger partial charge in [-0.05, 0) is 24.7 Å². The molecule has 2 heterocycles. The summed E-state index contributed by atoms with van der Waals surface area (Å²) < 4.78 is 7.18. The molecule has 0 unspecified atom stereocenters. The Bertz CT molecular complexity index is 912. The van der Waals surface area contributed by atoms with E-state index in [9.17, 15) is 9.90 Å². The molecule has 1 aliphatic rings. The molecule has 2 aromatic rings. The van der Waals surface area contributed by atoms with E-state index in [2.05, 4.69) is 4.99 Å². The number of rotatable bonds is 5. The SMILES string of the molecule is COCCCn1c(O)c(C2=c3ccccc3=NC2=O)sc1=S. The molecular weight excluding hydrogens is 320 g/mol. The smallest absolute Gasteiger partial charge is 0.279 e. The van der Waals surface area contributed by atoms with E-state index < -0.39 is 0 Å². The Morgan fingerprint density at radius 3 is 2.95 bits per heavy atom. The second-order valence-corrected chi connectivity index (χ2v) is 6.47. The van der Waals surface area contributed by atoms with E-state index in [1.807, 2.05) is 18.2 Å². The molecule has 1 aliphatic heterocycles. The van der Waals surface area contributed by atoms with E-state index in [4.69, 9.17) is 17.0 Å². The van der Waals surface area contributed by atoms with Crippen molar-refractivity contribution in [1.82, 2.24) is 4.57 Å². The van der Waals surface area contributed by atoms with Gasteiger partial charge in [-0.2, -0.15) is 0 Å². The maximum atomic E-state index is 12.2. The molecule has 114 valence electrons. The van der Waals surface area contributed by atoms with Gasteiger partial charge in [0.2, 0.25) is 5.88 Å². The first-order valence-electron chi connectivity index (χ1n) is 6.78. The highest BCUT2D eigenvalue weighted by Crippen LogP contribution is 2.32. The van der Waals surface area contributed by atoms with Crippen LogP contribution in [0.5, 0.6) is 5.88 Å². The van der Waals surface area contributed by atoms with Crippen LogP contribution in [-0.4, -0.2) is 29.3 Å². The van der Waals surface area contributed by atoms with E-state index in [0.29, 0.717) is 32.9 Å². The second kappa shape index (κ2) is 6.12. The van der Waals surface area contributed by atoms with Crippen LogP contribution in [0, 0.1) is 3.95 Å². The summed E-state index contributed by atoms with van der Waals surface area (Å²) in [5.41, 5.74) is 0.426. The molecule has 0 aliphatic carbocycles. The van der Waals surface area contributed by atoms with Gasteiger partial charge in [0.1, 0.15) is 4.88 Å². The lowest BCUT2D eigenvalue weighted by Crippen LogP contribution is -2.22. The molecule has 22 heavy (non-hydrogen) atoms. The van der Waals surface area contributed by atoms with Gasteiger partial charge >= 0.3 is 0 Å². The van der Waals surface area contributed by atoms with Crippen molar-refractivity contribution >= 4 is 35.0 Å². The van der Waals surface area contributed by atoms with Gasteiger partial charge in [0, 0.05) is 25.5 Å². The Hall–Kier alpha value is -1.83. The highest BCUT2D eigenvalue weighted by Gasteiger charge is 2.24. The van der Waals surface area contributed by atoms with Crippen molar-refractivity contribution in [3.63, 3.8) is 0 Å². The van der Waals surface area contributed by atoms with Crippen molar-refractivity contribution in [2.45, 2.75) is 13.0 Å². The molecule has 0 saturated heterocycles. The molecular formula is C15H14N2O3S2. The molecule has 5 nitrogen and oxygen atoms in total. The van der Waals surface area contributed by atoms with Crippen LogP contribution in [0.25, 0.3) is 5.57 Å². The maximum Gasteiger partial charge on any atom is 0.279 e. The van der Waals surface area contributed by atoms with E-state index in [1.165, 1.54) is 11.3 Å². The summed E-state index contributed by atoms with van der Waals surface area (Å²) in [6.07, 6.45) is 0.735. The summed E-state index contributed by atoms with van der Waals surface area (Å²) in [6.45, 7) is 1.13. The van der Waals surface area contributed by atoms with Gasteiger partial charge in [0.05, 0.1) is 10.9 Å². The summed E-state index contributed by atoms with van der Waals surface area (Å²) in [5, 5.41) is 11.8. The maximum absolute atomic E-state index is 12.2. The molecule has 7 heteroatoms. The lowest BCUT2D eigenvalue weighted by atomic mass is 10.1. The van der Waals surface area contributed by atoms with Crippen molar-refractivity contribution in [1.29, 1.82) is 0 Å². The Labute approximate surface area is 135 Å². The fraction of sp³-hybridized carbons (Fsp3) is 0.267. The molecule has 0 bridgehead atoms. The number of ether oxygens (including phenoxy) is 1. The van der Waals surface area contributed by atoms with Gasteiger partial charge in [0.15, 0.2) is 3.95 Å². The zero-order valence-electron chi connectivity index (χ0n) is 11.9. The van der Waals surface area contributed by atoms with Crippen LogP contribution in [0.3, 0.4) is 0 Å². The number of amides is 1. The molecule has 1 aromatic heterocycles. The van der Waals surface area contributed by atoms with Gasteiger partial charge in [-0.1, -0.05) is 18.2 Å². The number of carbonyl (C=O) groups is 1. The van der Waals surface area contributed by atoms with Crippen molar-refractivity contribution < 1.29 is 14.6 Å². The number of methoxy groups -OCH3 is 1. The lowest BCUT2D eigenvalue weighted by Gasteiger charge is -2.04. The number of benzene rings is 1. The van der Waals surface area contributed by atoms with E-state index >= 15 is 0 Å². The quantitative estimate of drug-likeness (QED) is 0.663. The van der Waals surface area contributed by atoms with Gasteiger partial charge in [-0.25, -0.2) is 4.99 Å². The molecule has 3 rings (SSSR count). The van der Waals surface area contributed by atoms with E-state index in [1.54, 1.807) is 17.7 Å². The van der Waals surface area contributed by atoms with Crippen molar-refractivity contribution in [3.05, 3.63) is 43.7 Å². The van der Waals surface area contributed by atoms with Crippen LogP contribution >= 0.6 is 23.6 Å². The van der Waals surface area contributed by atoms with Crippen LogP contribution in [0.2, 0.25) is 0 Å². The first-order valence-corrected chi connectivity index (χ1v) is 8.00. The standard InChI is InChI=1S/C15H14N2O3S2/c1-20-8-4-7-17-14(19)12(22-15(17)21)11-9-5-2-3-6-10(9)16-13(11)18/h2-3,5-6,19H,4,7-8H2,1H3. The lowest BCUT2D eigenvalue weighted by molar-refractivity contribution is -0.112. The van der Waals surface area contributed by atoms with Crippen molar-refractivity contribution in [2.24, 2.45) is 4.99 Å². The van der Waals surface area contributed by atoms with E-state index in [0.717, 1.165) is 11.6 Å².